The van der Waals surface area contributed by atoms with Gasteiger partial charge in [0, 0.05) is 52.4 Å². The fraction of sp³-hybridized carbons (Fsp3) is 0.533. The fourth-order valence-corrected chi connectivity index (χ4v) is 7.60. The van der Waals surface area contributed by atoms with Crippen molar-refractivity contribution in [3.8, 4) is 0 Å². The highest BCUT2D eigenvalue weighted by molar-refractivity contribution is 7.89. The predicted octanol–water partition coefficient (Wildman–Crippen LogP) is 1.73. The number of carbonyl (C=O) groups is 2. The zero-order chi connectivity index (χ0) is 32.3. The summed E-state index contributed by atoms with van der Waals surface area (Å²) in [4.78, 5) is 28.6. The van der Waals surface area contributed by atoms with Crippen molar-refractivity contribution in [1.82, 2.24) is 18.4 Å². The summed E-state index contributed by atoms with van der Waals surface area (Å²) in [6.07, 6.45) is 0. The molecule has 0 N–H and O–H groups in total. The highest BCUT2D eigenvalue weighted by Crippen LogP contribution is 2.19. The van der Waals surface area contributed by atoms with Crippen LogP contribution in [-0.2, 0) is 39.1 Å². The Labute approximate surface area is 261 Å². The van der Waals surface area contributed by atoms with Crippen molar-refractivity contribution in [2.24, 2.45) is 0 Å². The zero-order valence-electron chi connectivity index (χ0n) is 26.0. The maximum atomic E-state index is 13.8. The fourth-order valence-electron chi connectivity index (χ4n) is 4.75. The van der Waals surface area contributed by atoms with Crippen LogP contribution in [-0.4, -0.2) is 126 Å². The van der Waals surface area contributed by atoms with Gasteiger partial charge in [0.05, 0.1) is 36.1 Å². The lowest BCUT2D eigenvalue weighted by molar-refractivity contribution is -0.145. The summed E-state index contributed by atoms with van der Waals surface area (Å²) in [6.45, 7) is 8.01. The lowest BCUT2D eigenvalue weighted by Gasteiger charge is -2.33. The van der Waals surface area contributed by atoms with Crippen LogP contribution in [0.25, 0.3) is 0 Å². The van der Waals surface area contributed by atoms with E-state index in [2.05, 4.69) is 0 Å². The van der Waals surface area contributed by atoms with E-state index in [0.29, 0.717) is 0 Å². The van der Waals surface area contributed by atoms with Gasteiger partial charge >= 0.3 is 11.9 Å². The maximum absolute atomic E-state index is 13.8. The van der Waals surface area contributed by atoms with E-state index in [1.54, 1.807) is 72.2 Å². The van der Waals surface area contributed by atoms with E-state index in [1.807, 2.05) is 13.8 Å². The zero-order valence-corrected chi connectivity index (χ0v) is 27.6. The first-order chi connectivity index (χ1) is 20.9. The molecule has 0 amide bonds. The van der Waals surface area contributed by atoms with Gasteiger partial charge in [-0.3, -0.25) is 19.4 Å². The minimum Gasteiger partial charge on any atom is -0.465 e. The van der Waals surface area contributed by atoms with Gasteiger partial charge in [-0.1, -0.05) is 35.4 Å². The Bertz CT molecular complexity index is 1320. The van der Waals surface area contributed by atoms with Crippen LogP contribution in [0.4, 0.5) is 0 Å². The lowest BCUT2D eigenvalue weighted by atomic mass is 10.2. The number of benzene rings is 2. The summed E-state index contributed by atoms with van der Waals surface area (Å²) in [5.41, 5.74) is 1.84. The number of hydrogen-bond donors (Lipinski definition) is 0. The summed E-state index contributed by atoms with van der Waals surface area (Å²) >= 11 is 0. The van der Waals surface area contributed by atoms with Crippen molar-refractivity contribution in [2.45, 2.75) is 37.5 Å². The van der Waals surface area contributed by atoms with E-state index in [0.717, 1.165) is 11.1 Å². The van der Waals surface area contributed by atoms with Crippen LogP contribution >= 0.6 is 0 Å². The smallest absolute Gasteiger partial charge is 0.320 e. The molecule has 0 atom stereocenters. The van der Waals surface area contributed by atoms with Crippen LogP contribution in [0.3, 0.4) is 0 Å². The molecule has 1 saturated heterocycles. The second kappa shape index (κ2) is 16.4. The number of nitrogens with zero attached hydrogens (tertiary/aromatic N) is 4. The molecule has 12 nitrogen and oxygen atoms in total. The van der Waals surface area contributed by atoms with Crippen LogP contribution in [0.5, 0.6) is 0 Å². The number of esters is 2. The monoisotopic (exact) mass is 652 g/mol. The molecule has 1 heterocycles. The van der Waals surface area contributed by atoms with Crippen LogP contribution in [0, 0.1) is 13.8 Å². The molecule has 3 rings (SSSR count). The second-order valence-electron chi connectivity index (χ2n) is 10.6. The van der Waals surface area contributed by atoms with E-state index < -0.39 is 32.0 Å². The van der Waals surface area contributed by atoms with Gasteiger partial charge in [0.1, 0.15) is 0 Å². The summed E-state index contributed by atoms with van der Waals surface area (Å²) in [7, 11) is -7.85. The highest BCUT2D eigenvalue weighted by atomic mass is 32.2. The molecule has 0 unspecified atom stereocenters. The molecule has 1 aliphatic heterocycles. The Kier molecular flexibility index (Phi) is 13.3. The average Bonchev–Trinajstić information content (AvgIpc) is 2.96. The van der Waals surface area contributed by atoms with Crippen molar-refractivity contribution in [2.75, 3.05) is 78.7 Å². The summed E-state index contributed by atoms with van der Waals surface area (Å²) in [5.74, 6) is -0.970. The van der Waals surface area contributed by atoms with Crippen LogP contribution in [0.2, 0.25) is 0 Å². The minimum atomic E-state index is -3.92. The Morgan fingerprint density at radius 1 is 0.568 bits per heavy atom. The first-order valence-electron chi connectivity index (χ1n) is 14.8. The van der Waals surface area contributed by atoms with Gasteiger partial charge in [-0.05, 0) is 52.0 Å². The van der Waals surface area contributed by atoms with Crippen molar-refractivity contribution >= 4 is 32.0 Å². The molecule has 0 aromatic heterocycles. The van der Waals surface area contributed by atoms with E-state index in [-0.39, 0.29) is 88.5 Å². The standard InChI is InChI=1S/C30H44N4O8S2/c1-5-41-29(35)23-31-15-19-33(43(37,38)27-11-7-25(3)8-12-27)21-17-32(24-30(36)42-6-2)18-22-34(20-16-31)44(39,40)28-13-9-26(4)10-14-28/h7-14H,5-6,15-24H2,1-4H3. The van der Waals surface area contributed by atoms with E-state index in [9.17, 15) is 26.4 Å². The van der Waals surface area contributed by atoms with Crippen molar-refractivity contribution in [1.29, 1.82) is 0 Å². The Morgan fingerprint density at radius 3 is 1.14 bits per heavy atom. The molecule has 2 aromatic carbocycles. The summed E-state index contributed by atoms with van der Waals surface area (Å²) in [5, 5.41) is 0. The van der Waals surface area contributed by atoms with Crippen molar-refractivity contribution in [3.63, 3.8) is 0 Å². The summed E-state index contributed by atoms with van der Waals surface area (Å²) in [6, 6.07) is 13.1. The van der Waals surface area contributed by atoms with Gasteiger partial charge in [0.25, 0.3) is 0 Å². The summed E-state index contributed by atoms with van der Waals surface area (Å²) < 4.78 is 68.0. The van der Waals surface area contributed by atoms with Gasteiger partial charge in [-0.2, -0.15) is 8.61 Å². The van der Waals surface area contributed by atoms with Crippen LogP contribution < -0.4 is 0 Å². The number of ether oxygens (including phenoxy) is 2. The third-order valence-electron chi connectivity index (χ3n) is 7.30. The molecule has 0 saturated carbocycles. The molecular formula is C30H44N4O8S2. The SMILES string of the molecule is CCOC(=O)CN1CCN(S(=O)(=O)c2ccc(C)cc2)CCN(CC(=O)OCC)CCN(S(=O)(=O)c2ccc(C)cc2)CC1. The second-order valence-corrected chi connectivity index (χ2v) is 14.5. The molecule has 2 aromatic rings. The molecule has 0 radical (unpaired) electrons. The molecule has 1 aliphatic rings. The number of rotatable bonds is 10. The largest absolute Gasteiger partial charge is 0.465 e. The van der Waals surface area contributed by atoms with E-state index in [4.69, 9.17) is 9.47 Å². The first-order valence-corrected chi connectivity index (χ1v) is 17.6. The Morgan fingerprint density at radius 2 is 0.864 bits per heavy atom. The van der Waals surface area contributed by atoms with Gasteiger partial charge in [-0.25, -0.2) is 16.8 Å². The third-order valence-corrected chi connectivity index (χ3v) is 11.1. The molecule has 1 fully saturated rings. The average molecular weight is 653 g/mol. The quantitative estimate of drug-likeness (QED) is 0.350. The van der Waals surface area contributed by atoms with Gasteiger partial charge < -0.3 is 9.47 Å². The van der Waals surface area contributed by atoms with Gasteiger partial charge in [0.15, 0.2) is 0 Å². The Hall–Kier alpha value is -2.88. The first kappa shape index (κ1) is 35.6. The Balaban J connectivity index is 1.96. The van der Waals surface area contributed by atoms with Crippen LogP contribution in [0.1, 0.15) is 25.0 Å². The predicted molar refractivity (Wildman–Crippen MR) is 166 cm³/mol. The molecule has 0 aliphatic carbocycles. The number of aryl methyl sites for hydroxylation is 2. The highest BCUT2D eigenvalue weighted by Gasteiger charge is 2.30. The molecule has 44 heavy (non-hydrogen) atoms. The molecular weight excluding hydrogens is 608 g/mol. The molecule has 14 heteroatoms. The van der Waals surface area contributed by atoms with E-state index in [1.165, 1.54) is 8.61 Å². The maximum Gasteiger partial charge on any atom is 0.320 e. The number of sulfonamides is 2. The third kappa shape index (κ3) is 10.1. The van der Waals surface area contributed by atoms with E-state index >= 15 is 0 Å². The van der Waals surface area contributed by atoms with Gasteiger partial charge in [-0.15, -0.1) is 0 Å². The minimum absolute atomic E-state index is 0.0353. The molecule has 0 bridgehead atoms. The van der Waals surface area contributed by atoms with Crippen LogP contribution in [0.15, 0.2) is 58.3 Å². The number of carbonyl (C=O) groups excluding carboxylic acids is 2. The van der Waals surface area contributed by atoms with Crippen molar-refractivity contribution in [3.05, 3.63) is 59.7 Å². The topological polar surface area (TPSA) is 134 Å². The van der Waals surface area contributed by atoms with Gasteiger partial charge in [0.2, 0.25) is 20.0 Å². The number of hydrogen-bond acceptors (Lipinski definition) is 10. The molecule has 244 valence electrons. The lowest BCUT2D eigenvalue weighted by Crippen LogP contribution is -2.49. The molecule has 0 spiro atoms. The van der Waals surface area contributed by atoms with Crippen molar-refractivity contribution < 1.29 is 35.9 Å². The normalized spacial score (nSPS) is 17.4.